The molecular weight excluding hydrogens is 382 g/mol. The normalized spacial score (nSPS) is 12.4. The summed E-state index contributed by atoms with van der Waals surface area (Å²) in [5.74, 6) is -0.247. The predicted molar refractivity (Wildman–Crippen MR) is 80.9 cm³/mol. The van der Waals surface area contributed by atoms with Crippen LogP contribution in [-0.4, -0.2) is 0 Å². The van der Waals surface area contributed by atoms with Crippen LogP contribution in [0.25, 0.3) is 0 Å². The lowest BCUT2D eigenvalue weighted by molar-refractivity contribution is 0.618. The van der Waals surface area contributed by atoms with Crippen molar-refractivity contribution < 1.29 is 4.39 Å². The summed E-state index contributed by atoms with van der Waals surface area (Å²) in [7, 11) is 0. The minimum Gasteiger partial charge on any atom is -0.206 e. The van der Waals surface area contributed by atoms with Crippen molar-refractivity contribution in [2.45, 2.75) is 11.2 Å². The van der Waals surface area contributed by atoms with Crippen molar-refractivity contribution in [2.75, 3.05) is 0 Å². The minimum absolute atomic E-state index is 0.0681. The smallest absolute Gasteiger partial charge is 0.137 e. The van der Waals surface area contributed by atoms with Crippen LogP contribution in [0.3, 0.4) is 0 Å². The van der Waals surface area contributed by atoms with Crippen LogP contribution in [0, 0.1) is 5.82 Å². The Kier molecular flexibility index (Phi) is 4.82. The molecule has 0 radical (unpaired) electrons. The molecule has 0 heterocycles. The maximum Gasteiger partial charge on any atom is 0.137 e. The zero-order valence-electron chi connectivity index (χ0n) is 9.34. The zero-order chi connectivity index (χ0) is 13.1. The molecule has 2 aromatic rings. The molecule has 0 bridgehead atoms. The van der Waals surface area contributed by atoms with Gasteiger partial charge in [0.05, 0.1) is 4.47 Å². The van der Waals surface area contributed by atoms with Crippen molar-refractivity contribution in [2.24, 2.45) is 0 Å². The van der Waals surface area contributed by atoms with Gasteiger partial charge in [0.1, 0.15) is 5.82 Å². The molecule has 94 valence electrons. The van der Waals surface area contributed by atoms with E-state index in [0.717, 1.165) is 17.5 Å². The summed E-state index contributed by atoms with van der Waals surface area (Å²) in [6.45, 7) is 0. The average molecular weight is 392 g/mol. The van der Waals surface area contributed by atoms with Crippen molar-refractivity contribution in [3.8, 4) is 0 Å². The second-order valence-electron chi connectivity index (χ2n) is 3.98. The van der Waals surface area contributed by atoms with Gasteiger partial charge in [-0.2, -0.15) is 0 Å². The van der Waals surface area contributed by atoms with E-state index in [0.29, 0.717) is 9.50 Å². The van der Waals surface area contributed by atoms with Crippen molar-refractivity contribution in [1.29, 1.82) is 0 Å². The standard InChI is InChI=1S/C14H10Br2ClF/c15-12-5-4-10(8-14(12)18)13(16)7-9-2-1-3-11(17)6-9/h1-6,8,13H,7H2. The maximum absolute atomic E-state index is 13.5. The second kappa shape index (κ2) is 6.18. The average Bonchev–Trinajstić information content (AvgIpc) is 2.32. The molecule has 0 aliphatic heterocycles. The summed E-state index contributed by atoms with van der Waals surface area (Å²) in [6, 6.07) is 12.8. The Morgan fingerprint density at radius 2 is 1.94 bits per heavy atom. The first-order chi connectivity index (χ1) is 8.56. The third-order valence-corrected chi connectivity index (χ3v) is 4.34. The van der Waals surface area contributed by atoms with Gasteiger partial charge in [-0.15, -0.1) is 0 Å². The molecule has 2 rings (SSSR count). The number of hydrogen-bond donors (Lipinski definition) is 0. The van der Waals surface area contributed by atoms with Crippen LogP contribution in [0.1, 0.15) is 16.0 Å². The molecule has 0 aromatic heterocycles. The highest BCUT2D eigenvalue weighted by Gasteiger charge is 2.11. The number of rotatable bonds is 3. The first-order valence-corrected chi connectivity index (χ1v) is 7.48. The minimum atomic E-state index is -0.247. The first kappa shape index (κ1) is 14.0. The summed E-state index contributed by atoms with van der Waals surface area (Å²) in [6.07, 6.45) is 0.766. The summed E-state index contributed by atoms with van der Waals surface area (Å²) in [5.41, 5.74) is 2.03. The Bertz CT molecular complexity index is 557. The van der Waals surface area contributed by atoms with E-state index in [1.807, 2.05) is 30.3 Å². The van der Waals surface area contributed by atoms with Crippen LogP contribution < -0.4 is 0 Å². The monoisotopic (exact) mass is 390 g/mol. The fourth-order valence-corrected chi connectivity index (χ4v) is 2.81. The van der Waals surface area contributed by atoms with Crippen LogP contribution >= 0.6 is 43.5 Å². The molecule has 0 aliphatic carbocycles. The van der Waals surface area contributed by atoms with Crippen LogP contribution in [0.5, 0.6) is 0 Å². The fourth-order valence-electron chi connectivity index (χ4n) is 1.70. The van der Waals surface area contributed by atoms with Gasteiger partial charge in [-0.3, -0.25) is 0 Å². The molecular formula is C14H10Br2ClF. The molecule has 18 heavy (non-hydrogen) atoms. The van der Waals surface area contributed by atoms with Gasteiger partial charge in [-0.05, 0) is 57.7 Å². The summed E-state index contributed by atoms with van der Waals surface area (Å²) in [5, 5.41) is 0.717. The van der Waals surface area contributed by atoms with Gasteiger partial charge in [-0.25, -0.2) is 4.39 Å². The van der Waals surface area contributed by atoms with E-state index in [1.54, 1.807) is 6.07 Å². The zero-order valence-corrected chi connectivity index (χ0v) is 13.3. The van der Waals surface area contributed by atoms with Crippen molar-refractivity contribution in [1.82, 2.24) is 0 Å². The van der Waals surface area contributed by atoms with Gasteiger partial charge in [0.2, 0.25) is 0 Å². The molecule has 0 nitrogen and oxygen atoms in total. The van der Waals surface area contributed by atoms with E-state index in [-0.39, 0.29) is 10.6 Å². The largest absolute Gasteiger partial charge is 0.206 e. The Morgan fingerprint density at radius 3 is 2.61 bits per heavy atom. The van der Waals surface area contributed by atoms with Crippen LogP contribution in [0.4, 0.5) is 4.39 Å². The lowest BCUT2D eigenvalue weighted by atomic mass is 10.0. The van der Waals surface area contributed by atoms with E-state index in [4.69, 9.17) is 11.6 Å². The Hall–Kier alpha value is -0.380. The van der Waals surface area contributed by atoms with Gasteiger partial charge >= 0.3 is 0 Å². The van der Waals surface area contributed by atoms with Crippen LogP contribution in [-0.2, 0) is 6.42 Å². The molecule has 1 unspecified atom stereocenters. The van der Waals surface area contributed by atoms with E-state index in [1.165, 1.54) is 6.07 Å². The summed E-state index contributed by atoms with van der Waals surface area (Å²) in [4.78, 5) is 0.0681. The number of benzene rings is 2. The number of halogens is 4. The molecule has 1 atom stereocenters. The number of hydrogen-bond acceptors (Lipinski definition) is 0. The Morgan fingerprint density at radius 1 is 1.17 bits per heavy atom. The Balaban J connectivity index is 2.16. The van der Waals surface area contributed by atoms with Gasteiger partial charge in [-0.1, -0.05) is 45.7 Å². The Labute approximate surface area is 127 Å². The lowest BCUT2D eigenvalue weighted by Gasteiger charge is -2.11. The fraction of sp³-hybridized carbons (Fsp3) is 0.143. The second-order valence-corrected chi connectivity index (χ2v) is 6.37. The molecule has 0 fully saturated rings. The molecule has 0 saturated heterocycles. The molecule has 0 spiro atoms. The third-order valence-electron chi connectivity index (χ3n) is 2.61. The van der Waals surface area contributed by atoms with Gasteiger partial charge in [0.25, 0.3) is 0 Å². The molecule has 0 aliphatic rings. The van der Waals surface area contributed by atoms with Crippen molar-refractivity contribution in [3.05, 3.63) is 68.9 Å². The van der Waals surface area contributed by atoms with E-state index < -0.39 is 0 Å². The van der Waals surface area contributed by atoms with E-state index in [9.17, 15) is 4.39 Å². The van der Waals surface area contributed by atoms with Crippen LogP contribution in [0.2, 0.25) is 5.02 Å². The molecule has 0 N–H and O–H groups in total. The summed E-state index contributed by atoms with van der Waals surface area (Å²) >= 11 is 12.7. The van der Waals surface area contributed by atoms with E-state index in [2.05, 4.69) is 31.9 Å². The molecule has 0 amide bonds. The molecule has 2 aromatic carbocycles. The van der Waals surface area contributed by atoms with Gasteiger partial charge < -0.3 is 0 Å². The quantitative estimate of drug-likeness (QED) is 0.569. The highest BCUT2D eigenvalue weighted by Crippen LogP contribution is 2.30. The SMILES string of the molecule is Fc1cc(C(Br)Cc2cccc(Cl)c2)ccc1Br. The maximum atomic E-state index is 13.5. The van der Waals surface area contributed by atoms with Gasteiger partial charge in [0.15, 0.2) is 0 Å². The van der Waals surface area contributed by atoms with Gasteiger partial charge in [0, 0.05) is 9.85 Å². The third kappa shape index (κ3) is 3.56. The first-order valence-electron chi connectivity index (χ1n) is 5.40. The molecule has 4 heteroatoms. The lowest BCUT2D eigenvalue weighted by Crippen LogP contribution is -1.96. The van der Waals surface area contributed by atoms with Crippen molar-refractivity contribution >= 4 is 43.5 Å². The predicted octanol–water partition coefficient (Wildman–Crippen LogP) is 5.92. The van der Waals surface area contributed by atoms with Crippen LogP contribution in [0.15, 0.2) is 46.9 Å². The molecule has 0 saturated carbocycles. The van der Waals surface area contributed by atoms with E-state index >= 15 is 0 Å². The topological polar surface area (TPSA) is 0 Å². The number of alkyl halides is 1. The highest BCUT2D eigenvalue weighted by atomic mass is 79.9. The summed E-state index contributed by atoms with van der Waals surface area (Å²) < 4.78 is 13.9. The van der Waals surface area contributed by atoms with Crippen molar-refractivity contribution in [3.63, 3.8) is 0 Å². The highest BCUT2D eigenvalue weighted by molar-refractivity contribution is 9.10.